The first-order chi connectivity index (χ1) is 14.5. The molecule has 1 aromatic heterocycles. The Morgan fingerprint density at radius 1 is 1.20 bits per heavy atom. The summed E-state index contributed by atoms with van der Waals surface area (Å²) in [5, 5.41) is 11.4. The van der Waals surface area contributed by atoms with Gasteiger partial charge in [-0.2, -0.15) is 0 Å². The molecule has 0 saturated heterocycles. The van der Waals surface area contributed by atoms with Gasteiger partial charge in [-0.1, -0.05) is 30.3 Å². The van der Waals surface area contributed by atoms with Gasteiger partial charge < -0.3 is 14.8 Å². The Balaban J connectivity index is 1.62. The molecule has 0 saturated carbocycles. The summed E-state index contributed by atoms with van der Waals surface area (Å²) < 4.78 is 12.3. The van der Waals surface area contributed by atoms with E-state index in [2.05, 4.69) is 15.6 Å². The van der Waals surface area contributed by atoms with Crippen molar-refractivity contribution in [2.75, 3.05) is 13.7 Å². The zero-order chi connectivity index (χ0) is 21.5. The predicted octanol–water partition coefficient (Wildman–Crippen LogP) is 2.86. The molecule has 0 bridgehead atoms. The molecule has 0 spiro atoms. The highest BCUT2D eigenvalue weighted by molar-refractivity contribution is 5.77. The van der Waals surface area contributed by atoms with Crippen molar-refractivity contribution >= 4 is 16.8 Å². The van der Waals surface area contributed by atoms with E-state index in [9.17, 15) is 9.59 Å². The van der Waals surface area contributed by atoms with Crippen LogP contribution in [-0.2, 0) is 11.3 Å². The van der Waals surface area contributed by atoms with Gasteiger partial charge in [-0.3, -0.25) is 9.59 Å². The van der Waals surface area contributed by atoms with Crippen molar-refractivity contribution in [1.82, 2.24) is 20.3 Å². The van der Waals surface area contributed by atoms with Crippen molar-refractivity contribution in [2.24, 2.45) is 0 Å². The minimum Gasteiger partial charge on any atom is -0.493 e. The molecule has 30 heavy (non-hydrogen) atoms. The predicted molar refractivity (Wildman–Crippen MR) is 114 cm³/mol. The summed E-state index contributed by atoms with van der Waals surface area (Å²) in [5.74, 6) is 1.12. The zero-order valence-corrected chi connectivity index (χ0v) is 17.4. The van der Waals surface area contributed by atoms with Crippen molar-refractivity contribution in [3.05, 3.63) is 58.4 Å². The average Bonchev–Trinajstić information content (AvgIpc) is 2.77. The summed E-state index contributed by atoms with van der Waals surface area (Å²) in [6.07, 6.45) is 1.02. The Morgan fingerprint density at radius 3 is 2.77 bits per heavy atom. The maximum atomic E-state index is 12.5. The van der Waals surface area contributed by atoms with Crippen molar-refractivity contribution in [1.29, 1.82) is 0 Å². The first-order valence-corrected chi connectivity index (χ1v) is 9.96. The smallest absolute Gasteiger partial charge is 0.277 e. The minimum absolute atomic E-state index is 0.117. The molecular weight excluding hydrogens is 384 g/mol. The number of fused-ring (bicyclic) bond motifs is 1. The number of nitrogens with zero attached hydrogens (tertiary/aromatic N) is 3. The lowest BCUT2D eigenvalue weighted by Crippen LogP contribution is -2.30. The summed E-state index contributed by atoms with van der Waals surface area (Å²) in [6.45, 7) is 4.69. The highest BCUT2D eigenvalue weighted by atomic mass is 16.5. The molecule has 1 amide bonds. The topological polar surface area (TPSA) is 95.3 Å². The lowest BCUT2D eigenvalue weighted by molar-refractivity contribution is -0.122. The van der Waals surface area contributed by atoms with Gasteiger partial charge in [-0.15, -0.1) is 5.10 Å². The maximum Gasteiger partial charge on any atom is 0.277 e. The van der Waals surface area contributed by atoms with Gasteiger partial charge in [0.25, 0.3) is 5.56 Å². The molecule has 0 unspecified atom stereocenters. The number of aromatic nitrogens is 3. The summed E-state index contributed by atoms with van der Waals surface area (Å²) in [7, 11) is 1.59. The van der Waals surface area contributed by atoms with Crippen LogP contribution in [0, 0.1) is 0 Å². The van der Waals surface area contributed by atoms with E-state index in [1.807, 2.05) is 32.0 Å². The van der Waals surface area contributed by atoms with E-state index in [0.29, 0.717) is 29.0 Å². The van der Waals surface area contributed by atoms with Crippen LogP contribution in [0.1, 0.15) is 38.3 Å². The fourth-order valence-electron chi connectivity index (χ4n) is 3.06. The number of hydrogen-bond acceptors (Lipinski definition) is 6. The number of methoxy groups -OCH3 is 1. The van der Waals surface area contributed by atoms with E-state index in [4.69, 9.17) is 9.47 Å². The highest BCUT2D eigenvalue weighted by Gasteiger charge is 2.14. The number of nitrogens with one attached hydrogen (secondary N) is 1. The van der Waals surface area contributed by atoms with Crippen LogP contribution in [0.5, 0.6) is 11.5 Å². The first-order valence-electron chi connectivity index (χ1n) is 9.96. The third kappa shape index (κ3) is 4.94. The second-order valence-electron chi connectivity index (χ2n) is 6.93. The van der Waals surface area contributed by atoms with Gasteiger partial charge in [0.2, 0.25) is 5.91 Å². The largest absolute Gasteiger partial charge is 0.493 e. The molecule has 1 N–H and O–H groups in total. The Labute approximate surface area is 174 Å². The molecule has 0 aliphatic rings. The quantitative estimate of drug-likeness (QED) is 0.583. The maximum absolute atomic E-state index is 12.5. The number of carbonyl (C=O) groups excluding carboxylic acids is 1. The molecule has 0 aliphatic carbocycles. The highest BCUT2D eigenvalue weighted by Crippen LogP contribution is 2.30. The van der Waals surface area contributed by atoms with Crippen LogP contribution in [0.2, 0.25) is 0 Å². The number of hydrogen-bond donors (Lipinski definition) is 1. The molecule has 1 atom stereocenters. The van der Waals surface area contributed by atoms with E-state index >= 15 is 0 Å². The average molecular weight is 410 g/mol. The normalized spacial score (nSPS) is 11.8. The van der Waals surface area contributed by atoms with Gasteiger partial charge in [-0.05, 0) is 43.2 Å². The van der Waals surface area contributed by atoms with Gasteiger partial charge >= 0.3 is 0 Å². The third-order valence-electron chi connectivity index (χ3n) is 4.71. The molecule has 2 aromatic carbocycles. The standard InChI is InChI=1S/C22H26N4O4/c1-4-13-30-19-10-9-16(14-20(19)29-3)15(2)23-21(27)11-12-26-22(28)17-7-5-6-8-18(17)24-25-26/h5-10,14-15H,4,11-13H2,1-3H3,(H,23,27)/t15-/m0/s1. The second-order valence-corrected chi connectivity index (χ2v) is 6.93. The van der Waals surface area contributed by atoms with Gasteiger partial charge in [0.1, 0.15) is 5.52 Å². The van der Waals surface area contributed by atoms with Crippen LogP contribution >= 0.6 is 0 Å². The van der Waals surface area contributed by atoms with Crippen LogP contribution in [0.15, 0.2) is 47.3 Å². The number of aryl methyl sites for hydroxylation is 1. The lowest BCUT2D eigenvalue weighted by atomic mass is 10.1. The number of benzene rings is 2. The van der Waals surface area contributed by atoms with Gasteiger partial charge in [0.05, 0.1) is 31.7 Å². The van der Waals surface area contributed by atoms with Crippen molar-refractivity contribution in [3.63, 3.8) is 0 Å². The monoisotopic (exact) mass is 410 g/mol. The van der Waals surface area contributed by atoms with Gasteiger partial charge in [0.15, 0.2) is 11.5 Å². The van der Waals surface area contributed by atoms with E-state index in [1.165, 1.54) is 4.68 Å². The van der Waals surface area contributed by atoms with Gasteiger partial charge in [0, 0.05) is 6.42 Å². The summed E-state index contributed by atoms with van der Waals surface area (Å²) in [5.41, 5.74) is 1.18. The molecule has 158 valence electrons. The summed E-state index contributed by atoms with van der Waals surface area (Å²) in [6, 6.07) is 12.4. The van der Waals surface area contributed by atoms with Crippen LogP contribution < -0.4 is 20.3 Å². The SMILES string of the molecule is CCCOc1ccc([C@H](C)NC(=O)CCn2nnc3ccccc3c2=O)cc1OC. The molecule has 3 aromatic rings. The minimum atomic E-state index is -0.256. The molecule has 1 heterocycles. The Morgan fingerprint density at radius 2 is 2.00 bits per heavy atom. The van der Waals surface area contributed by atoms with Crippen LogP contribution in [0.3, 0.4) is 0 Å². The molecule has 0 fully saturated rings. The lowest BCUT2D eigenvalue weighted by Gasteiger charge is -2.17. The Hall–Kier alpha value is -3.42. The Bertz CT molecular complexity index is 1080. The van der Waals surface area contributed by atoms with Crippen LogP contribution in [0.25, 0.3) is 10.9 Å². The van der Waals surface area contributed by atoms with Crippen molar-refractivity contribution in [3.8, 4) is 11.5 Å². The van der Waals surface area contributed by atoms with Crippen LogP contribution in [-0.4, -0.2) is 34.6 Å². The number of amides is 1. The molecule has 8 nitrogen and oxygen atoms in total. The van der Waals surface area contributed by atoms with E-state index in [-0.39, 0.29) is 30.5 Å². The second kappa shape index (κ2) is 9.87. The zero-order valence-electron chi connectivity index (χ0n) is 17.4. The van der Waals surface area contributed by atoms with E-state index in [1.54, 1.807) is 31.4 Å². The summed E-state index contributed by atoms with van der Waals surface area (Å²) >= 11 is 0. The third-order valence-corrected chi connectivity index (χ3v) is 4.71. The van der Waals surface area contributed by atoms with Gasteiger partial charge in [-0.25, -0.2) is 4.68 Å². The molecule has 0 aliphatic heterocycles. The number of carbonyl (C=O) groups is 1. The fraction of sp³-hybridized carbons (Fsp3) is 0.364. The Kier molecular flexibility index (Phi) is 7.00. The molecule has 3 rings (SSSR count). The fourth-order valence-corrected chi connectivity index (χ4v) is 3.06. The molecular formula is C22H26N4O4. The van der Waals surface area contributed by atoms with E-state index in [0.717, 1.165) is 12.0 Å². The number of rotatable bonds is 9. The molecule has 0 radical (unpaired) electrons. The summed E-state index contributed by atoms with van der Waals surface area (Å²) in [4.78, 5) is 24.9. The molecule has 8 heteroatoms. The van der Waals surface area contributed by atoms with Crippen LogP contribution in [0.4, 0.5) is 0 Å². The van der Waals surface area contributed by atoms with E-state index < -0.39 is 0 Å². The van der Waals surface area contributed by atoms with Crippen molar-refractivity contribution in [2.45, 2.75) is 39.3 Å². The first kappa shape index (κ1) is 21.3. The number of ether oxygens (including phenoxy) is 2. The van der Waals surface area contributed by atoms with Crippen molar-refractivity contribution < 1.29 is 14.3 Å².